The maximum absolute atomic E-state index is 13.4. The van der Waals surface area contributed by atoms with E-state index in [1.165, 1.54) is 6.07 Å². The molecule has 0 amide bonds. The first kappa shape index (κ1) is 16.3. The molecule has 1 fully saturated rings. The number of rotatable bonds is 2. The lowest BCUT2D eigenvalue weighted by molar-refractivity contribution is -0.140. The van der Waals surface area contributed by atoms with Gasteiger partial charge in [-0.25, -0.2) is 4.98 Å². The molecule has 1 aliphatic rings. The third kappa shape index (κ3) is 3.19. The summed E-state index contributed by atoms with van der Waals surface area (Å²) in [6.45, 7) is 2.67. The second-order valence-electron chi connectivity index (χ2n) is 5.46. The van der Waals surface area contributed by atoms with Crippen LogP contribution in [-0.4, -0.2) is 31.2 Å². The number of aromatic nitrogens is 1. The van der Waals surface area contributed by atoms with Crippen LogP contribution in [0.25, 0.3) is 11.1 Å². The molecule has 2 heterocycles. The largest absolute Gasteiger partial charge is 0.434 e. The average molecular weight is 332 g/mol. The van der Waals surface area contributed by atoms with Gasteiger partial charge in [-0.3, -0.25) is 0 Å². The van der Waals surface area contributed by atoms with E-state index in [9.17, 15) is 18.4 Å². The molecule has 2 aromatic rings. The summed E-state index contributed by atoms with van der Waals surface area (Å²) in [6, 6.07) is 11.6. The molecule has 3 rings (SSSR count). The van der Waals surface area contributed by atoms with E-state index in [1.807, 2.05) is 11.0 Å². The van der Waals surface area contributed by atoms with Gasteiger partial charge in [0.25, 0.3) is 0 Å². The predicted molar refractivity (Wildman–Crippen MR) is 84.5 cm³/mol. The van der Waals surface area contributed by atoms with Crippen molar-refractivity contribution < 1.29 is 13.2 Å². The van der Waals surface area contributed by atoms with Gasteiger partial charge in [0, 0.05) is 31.7 Å². The molecule has 1 N–H and O–H groups in total. The van der Waals surface area contributed by atoms with E-state index in [0.29, 0.717) is 37.4 Å². The summed E-state index contributed by atoms with van der Waals surface area (Å²) in [6.07, 6.45) is -4.63. The second kappa shape index (κ2) is 6.49. The number of anilines is 1. The van der Waals surface area contributed by atoms with Crippen LogP contribution in [0.15, 0.2) is 36.4 Å². The van der Waals surface area contributed by atoms with Gasteiger partial charge in [0.05, 0.1) is 5.69 Å². The van der Waals surface area contributed by atoms with E-state index in [0.717, 1.165) is 0 Å². The van der Waals surface area contributed by atoms with Crippen molar-refractivity contribution in [2.45, 2.75) is 6.18 Å². The molecule has 1 saturated heterocycles. The number of hydrogen-bond donors (Lipinski definition) is 1. The van der Waals surface area contributed by atoms with E-state index in [2.05, 4.69) is 10.3 Å². The van der Waals surface area contributed by atoms with Crippen molar-refractivity contribution >= 4 is 5.69 Å². The van der Waals surface area contributed by atoms with Gasteiger partial charge in [-0.05, 0) is 11.6 Å². The fraction of sp³-hybridized carbons (Fsp3) is 0.294. The van der Waals surface area contributed by atoms with E-state index in [4.69, 9.17) is 0 Å². The number of benzene rings is 1. The van der Waals surface area contributed by atoms with Crippen LogP contribution in [0.4, 0.5) is 18.9 Å². The maximum atomic E-state index is 13.4. The van der Waals surface area contributed by atoms with Gasteiger partial charge in [0.15, 0.2) is 11.4 Å². The van der Waals surface area contributed by atoms with Crippen LogP contribution in [0.1, 0.15) is 11.4 Å². The van der Waals surface area contributed by atoms with E-state index < -0.39 is 11.9 Å². The summed E-state index contributed by atoms with van der Waals surface area (Å²) in [5, 5.41) is 12.5. The minimum atomic E-state index is -4.63. The molecule has 0 radical (unpaired) electrons. The molecule has 1 aromatic heterocycles. The van der Waals surface area contributed by atoms with Gasteiger partial charge in [0.1, 0.15) is 6.07 Å². The number of pyridine rings is 1. The number of alkyl halides is 3. The summed E-state index contributed by atoms with van der Waals surface area (Å²) in [4.78, 5) is 5.56. The van der Waals surface area contributed by atoms with E-state index in [1.54, 1.807) is 30.3 Å². The third-order valence-electron chi connectivity index (χ3n) is 3.92. The van der Waals surface area contributed by atoms with Gasteiger partial charge in [-0.2, -0.15) is 18.4 Å². The predicted octanol–water partition coefficient (Wildman–Crippen LogP) is 3.05. The smallest absolute Gasteiger partial charge is 0.367 e. The first-order valence-electron chi connectivity index (χ1n) is 7.54. The molecular weight excluding hydrogens is 317 g/mol. The number of nitriles is 1. The Bertz CT molecular complexity index is 760. The van der Waals surface area contributed by atoms with Crippen molar-refractivity contribution in [3.63, 3.8) is 0 Å². The number of piperazine rings is 1. The molecule has 24 heavy (non-hydrogen) atoms. The topological polar surface area (TPSA) is 52.0 Å². The zero-order valence-electron chi connectivity index (χ0n) is 12.8. The Kier molecular flexibility index (Phi) is 4.40. The highest BCUT2D eigenvalue weighted by atomic mass is 19.4. The molecule has 0 spiro atoms. The summed E-state index contributed by atoms with van der Waals surface area (Å²) in [5.41, 5.74) is -0.340. The molecule has 0 aliphatic carbocycles. The third-order valence-corrected chi connectivity index (χ3v) is 3.92. The Balaban J connectivity index is 2.19. The van der Waals surface area contributed by atoms with Crippen LogP contribution in [0.3, 0.4) is 0 Å². The van der Waals surface area contributed by atoms with Gasteiger partial charge >= 0.3 is 6.18 Å². The normalized spacial score (nSPS) is 15.2. The van der Waals surface area contributed by atoms with Gasteiger partial charge in [-0.1, -0.05) is 30.3 Å². The van der Waals surface area contributed by atoms with Crippen LogP contribution < -0.4 is 10.2 Å². The molecule has 0 atom stereocenters. The number of hydrogen-bond acceptors (Lipinski definition) is 4. The molecule has 0 bridgehead atoms. The lowest BCUT2D eigenvalue weighted by Crippen LogP contribution is -2.44. The zero-order valence-corrected chi connectivity index (χ0v) is 12.8. The Morgan fingerprint density at radius 1 is 1.12 bits per heavy atom. The van der Waals surface area contributed by atoms with Crippen molar-refractivity contribution in [1.29, 1.82) is 5.26 Å². The fourth-order valence-corrected chi connectivity index (χ4v) is 2.79. The monoisotopic (exact) mass is 332 g/mol. The summed E-state index contributed by atoms with van der Waals surface area (Å²) < 4.78 is 40.3. The van der Waals surface area contributed by atoms with Gasteiger partial charge in [0.2, 0.25) is 0 Å². The Labute approximate surface area is 137 Å². The summed E-state index contributed by atoms with van der Waals surface area (Å²) in [5.74, 6) is 0. The molecule has 0 unspecified atom stereocenters. The van der Waals surface area contributed by atoms with Crippen LogP contribution in [0.2, 0.25) is 0 Å². The second-order valence-corrected chi connectivity index (χ2v) is 5.46. The molecule has 1 aliphatic heterocycles. The number of nitrogens with one attached hydrogen (secondary N) is 1. The fourth-order valence-electron chi connectivity index (χ4n) is 2.79. The highest BCUT2D eigenvalue weighted by Crippen LogP contribution is 2.38. The molecular formula is C17H15F3N4. The first-order valence-corrected chi connectivity index (χ1v) is 7.54. The highest BCUT2D eigenvalue weighted by Gasteiger charge is 2.37. The molecule has 4 nitrogen and oxygen atoms in total. The minimum Gasteiger partial charge on any atom is -0.367 e. The number of nitrogens with zero attached hydrogens (tertiary/aromatic N) is 3. The molecule has 7 heteroatoms. The van der Waals surface area contributed by atoms with Crippen molar-refractivity contribution in [1.82, 2.24) is 10.3 Å². The van der Waals surface area contributed by atoms with Crippen molar-refractivity contribution in [3.05, 3.63) is 47.8 Å². The Hall–Kier alpha value is -2.59. The first-order chi connectivity index (χ1) is 11.5. The average Bonchev–Trinajstić information content (AvgIpc) is 2.61. The number of halogens is 3. The summed E-state index contributed by atoms with van der Waals surface area (Å²) in [7, 11) is 0. The summed E-state index contributed by atoms with van der Waals surface area (Å²) >= 11 is 0. The van der Waals surface area contributed by atoms with Gasteiger partial charge < -0.3 is 10.2 Å². The minimum absolute atomic E-state index is 0.00404. The van der Waals surface area contributed by atoms with Crippen LogP contribution in [0, 0.1) is 11.3 Å². The van der Waals surface area contributed by atoms with Crippen LogP contribution in [0.5, 0.6) is 0 Å². The maximum Gasteiger partial charge on any atom is 0.434 e. The molecule has 124 valence electrons. The van der Waals surface area contributed by atoms with Crippen molar-refractivity contribution in [3.8, 4) is 17.2 Å². The van der Waals surface area contributed by atoms with Crippen molar-refractivity contribution in [2.75, 3.05) is 31.1 Å². The molecule has 1 aromatic carbocycles. The zero-order chi connectivity index (χ0) is 17.2. The van der Waals surface area contributed by atoms with Gasteiger partial charge in [-0.15, -0.1) is 0 Å². The molecule has 0 saturated carbocycles. The quantitative estimate of drug-likeness (QED) is 0.918. The van der Waals surface area contributed by atoms with Crippen LogP contribution in [-0.2, 0) is 6.18 Å². The van der Waals surface area contributed by atoms with E-state index >= 15 is 0 Å². The van der Waals surface area contributed by atoms with E-state index in [-0.39, 0.29) is 11.3 Å². The lowest BCUT2D eigenvalue weighted by atomic mass is 10.0. The standard InChI is InChI=1S/C17H15F3N4/c18-17(19,20)16-13(12-4-2-1-3-5-12)10-15(14(11-21)23-16)24-8-6-22-7-9-24/h1-5,10,22H,6-9H2. The SMILES string of the molecule is N#Cc1nc(C(F)(F)F)c(-c2ccccc2)cc1N1CCNCC1. The Morgan fingerprint density at radius 3 is 2.38 bits per heavy atom. The van der Waals surface area contributed by atoms with Crippen LogP contribution >= 0.6 is 0 Å². The highest BCUT2D eigenvalue weighted by molar-refractivity contribution is 5.73. The van der Waals surface area contributed by atoms with Crippen molar-refractivity contribution in [2.24, 2.45) is 0 Å². The lowest BCUT2D eigenvalue weighted by Gasteiger charge is -2.30. The Morgan fingerprint density at radius 2 is 1.79 bits per heavy atom.